The second-order valence-corrected chi connectivity index (χ2v) is 4.07. The van der Waals surface area contributed by atoms with Gasteiger partial charge in [-0.25, -0.2) is 4.98 Å². The lowest BCUT2D eigenvalue weighted by atomic mass is 10.3. The summed E-state index contributed by atoms with van der Waals surface area (Å²) in [5.74, 6) is 0.427. The number of hydrogen-bond donors (Lipinski definition) is 1. The summed E-state index contributed by atoms with van der Waals surface area (Å²) < 4.78 is 5.50. The minimum absolute atomic E-state index is 0.0630. The van der Waals surface area contributed by atoms with Crippen LogP contribution >= 0.6 is 11.6 Å². The van der Waals surface area contributed by atoms with E-state index in [9.17, 15) is 0 Å². The minimum atomic E-state index is -0.0630. The van der Waals surface area contributed by atoms with Crippen molar-refractivity contribution in [1.82, 2.24) is 9.88 Å². The Balaban J connectivity index is 2.46. The highest BCUT2D eigenvalue weighted by Gasteiger charge is 2.05. The molecule has 0 radical (unpaired) electrons. The lowest BCUT2D eigenvalue weighted by Gasteiger charge is -2.17. The summed E-state index contributed by atoms with van der Waals surface area (Å²) in [6, 6.07) is 1.67. The molecule has 0 bridgehead atoms. The van der Waals surface area contributed by atoms with Gasteiger partial charge >= 0.3 is 0 Å². The third-order valence-electron chi connectivity index (χ3n) is 2.59. The number of aromatic nitrogens is 1. The van der Waals surface area contributed by atoms with Gasteiger partial charge in [-0.05, 0) is 24.7 Å². The number of likely N-dealkylation sites (N-methyl/N-ethyl adjacent to an activating group) is 1. The first kappa shape index (κ1) is 14.2. The normalized spacial score (nSPS) is 10.9. The van der Waals surface area contributed by atoms with Crippen molar-refractivity contribution in [3.8, 4) is 5.88 Å². The summed E-state index contributed by atoms with van der Waals surface area (Å²) >= 11 is 5.98. The lowest BCUT2D eigenvalue weighted by molar-refractivity contribution is 0.217. The van der Waals surface area contributed by atoms with Crippen molar-refractivity contribution in [3.05, 3.63) is 22.8 Å². The Bertz CT molecular complexity index is 343. The fourth-order valence-electron chi connectivity index (χ4n) is 1.47. The molecule has 96 valence electrons. The van der Waals surface area contributed by atoms with E-state index in [0.29, 0.717) is 23.1 Å². The molecule has 0 aliphatic heterocycles. The van der Waals surface area contributed by atoms with E-state index < -0.39 is 0 Å². The van der Waals surface area contributed by atoms with E-state index in [2.05, 4.69) is 23.7 Å². The lowest BCUT2D eigenvalue weighted by Crippen LogP contribution is -2.28. The summed E-state index contributed by atoms with van der Waals surface area (Å²) in [6.45, 7) is 7.59. The van der Waals surface area contributed by atoms with Gasteiger partial charge in [0, 0.05) is 12.7 Å². The highest BCUT2D eigenvalue weighted by Crippen LogP contribution is 2.22. The smallest absolute Gasteiger partial charge is 0.232 e. The van der Waals surface area contributed by atoms with E-state index in [0.717, 1.165) is 19.6 Å². The standard InChI is InChI=1S/C12H19ClN2O2/c1-3-15(4-2)5-6-17-12-11(13)7-10(9-16)8-14-12/h7-8,16H,3-6,9H2,1-2H3. The van der Waals surface area contributed by atoms with Crippen molar-refractivity contribution in [2.75, 3.05) is 26.2 Å². The molecular weight excluding hydrogens is 240 g/mol. The molecule has 0 atom stereocenters. The van der Waals surface area contributed by atoms with Crippen LogP contribution in [0.1, 0.15) is 19.4 Å². The number of aliphatic hydroxyl groups excluding tert-OH is 1. The predicted octanol–water partition coefficient (Wildman–Crippen LogP) is 1.95. The Kier molecular flexibility index (Phi) is 6.26. The summed E-state index contributed by atoms with van der Waals surface area (Å²) in [5.41, 5.74) is 0.686. The number of ether oxygens (including phenoxy) is 1. The van der Waals surface area contributed by atoms with Crippen molar-refractivity contribution < 1.29 is 9.84 Å². The maximum Gasteiger partial charge on any atom is 0.232 e. The van der Waals surface area contributed by atoms with Gasteiger partial charge in [0.05, 0.1) is 6.61 Å². The molecule has 0 saturated carbocycles. The van der Waals surface area contributed by atoms with Crippen LogP contribution in [0.2, 0.25) is 5.02 Å². The first-order chi connectivity index (χ1) is 8.21. The Morgan fingerprint density at radius 3 is 2.65 bits per heavy atom. The van der Waals surface area contributed by atoms with Gasteiger partial charge in [0.25, 0.3) is 0 Å². The summed E-state index contributed by atoms with van der Waals surface area (Å²) in [4.78, 5) is 6.32. The summed E-state index contributed by atoms with van der Waals surface area (Å²) in [6.07, 6.45) is 1.57. The van der Waals surface area contributed by atoms with E-state index >= 15 is 0 Å². The monoisotopic (exact) mass is 258 g/mol. The molecule has 1 aromatic rings. The van der Waals surface area contributed by atoms with Gasteiger partial charge in [-0.3, -0.25) is 0 Å². The molecule has 0 fully saturated rings. The molecule has 0 saturated heterocycles. The molecule has 17 heavy (non-hydrogen) atoms. The third kappa shape index (κ3) is 4.50. The van der Waals surface area contributed by atoms with Gasteiger partial charge in [-0.2, -0.15) is 0 Å². The zero-order valence-electron chi connectivity index (χ0n) is 10.3. The number of rotatable bonds is 7. The quantitative estimate of drug-likeness (QED) is 0.812. The van der Waals surface area contributed by atoms with Gasteiger partial charge in [-0.1, -0.05) is 25.4 Å². The molecule has 5 heteroatoms. The van der Waals surface area contributed by atoms with E-state index in [1.807, 2.05) is 0 Å². The largest absolute Gasteiger partial charge is 0.475 e. The zero-order chi connectivity index (χ0) is 12.7. The van der Waals surface area contributed by atoms with E-state index in [-0.39, 0.29) is 6.61 Å². The molecule has 1 heterocycles. The van der Waals surface area contributed by atoms with Crippen LogP contribution in [0.15, 0.2) is 12.3 Å². The summed E-state index contributed by atoms with van der Waals surface area (Å²) in [7, 11) is 0. The van der Waals surface area contributed by atoms with Crippen molar-refractivity contribution in [2.24, 2.45) is 0 Å². The van der Waals surface area contributed by atoms with Crippen LogP contribution in [0, 0.1) is 0 Å². The highest BCUT2D eigenvalue weighted by atomic mass is 35.5. The maximum absolute atomic E-state index is 8.92. The van der Waals surface area contributed by atoms with Gasteiger partial charge in [-0.15, -0.1) is 0 Å². The van der Waals surface area contributed by atoms with Crippen LogP contribution in [0.5, 0.6) is 5.88 Å². The first-order valence-corrected chi connectivity index (χ1v) is 6.19. The molecule has 1 aromatic heterocycles. The molecule has 0 unspecified atom stereocenters. The van der Waals surface area contributed by atoms with Crippen molar-refractivity contribution in [2.45, 2.75) is 20.5 Å². The van der Waals surface area contributed by atoms with Crippen LogP contribution < -0.4 is 4.74 Å². The molecular formula is C12H19ClN2O2. The van der Waals surface area contributed by atoms with Crippen LogP contribution in [0.3, 0.4) is 0 Å². The van der Waals surface area contributed by atoms with Crippen LogP contribution in [0.4, 0.5) is 0 Å². The van der Waals surface area contributed by atoms with Gasteiger partial charge < -0.3 is 14.7 Å². The topological polar surface area (TPSA) is 45.6 Å². The third-order valence-corrected chi connectivity index (χ3v) is 2.86. The maximum atomic E-state index is 8.92. The molecule has 0 aromatic carbocycles. The SMILES string of the molecule is CCN(CC)CCOc1ncc(CO)cc1Cl. The zero-order valence-corrected chi connectivity index (χ0v) is 11.1. The van der Waals surface area contributed by atoms with Crippen molar-refractivity contribution in [3.63, 3.8) is 0 Å². The molecule has 1 N–H and O–H groups in total. The second kappa shape index (κ2) is 7.48. The van der Waals surface area contributed by atoms with Crippen LogP contribution in [-0.2, 0) is 6.61 Å². The number of nitrogens with zero attached hydrogens (tertiary/aromatic N) is 2. The fraction of sp³-hybridized carbons (Fsp3) is 0.583. The first-order valence-electron chi connectivity index (χ1n) is 5.81. The number of aliphatic hydroxyl groups is 1. The van der Waals surface area contributed by atoms with Gasteiger partial charge in [0.1, 0.15) is 11.6 Å². The van der Waals surface area contributed by atoms with Gasteiger partial charge in [0.2, 0.25) is 5.88 Å². The average molecular weight is 259 g/mol. The molecule has 0 amide bonds. The van der Waals surface area contributed by atoms with E-state index in [1.165, 1.54) is 0 Å². The minimum Gasteiger partial charge on any atom is -0.475 e. The molecule has 0 aliphatic rings. The van der Waals surface area contributed by atoms with E-state index in [1.54, 1.807) is 12.3 Å². The Labute approximate surface area is 107 Å². The molecule has 0 spiro atoms. The van der Waals surface area contributed by atoms with Crippen LogP contribution in [0.25, 0.3) is 0 Å². The predicted molar refractivity (Wildman–Crippen MR) is 68.5 cm³/mol. The Hall–Kier alpha value is -0.840. The Morgan fingerprint density at radius 2 is 2.12 bits per heavy atom. The van der Waals surface area contributed by atoms with Crippen molar-refractivity contribution >= 4 is 11.6 Å². The van der Waals surface area contributed by atoms with Crippen molar-refractivity contribution in [1.29, 1.82) is 0 Å². The molecule has 0 aliphatic carbocycles. The number of hydrogen-bond acceptors (Lipinski definition) is 4. The highest BCUT2D eigenvalue weighted by molar-refractivity contribution is 6.31. The molecule has 1 rings (SSSR count). The number of pyridine rings is 1. The Morgan fingerprint density at radius 1 is 1.41 bits per heavy atom. The summed E-state index contributed by atoms with van der Waals surface area (Å²) in [5, 5.41) is 9.36. The van der Waals surface area contributed by atoms with Gasteiger partial charge in [0.15, 0.2) is 0 Å². The van der Waals surface area contributed by atoms with Crippen LogP contribution in [-0.4, -0.2) is 41.2 Å². The molecule has 4 nitrogen and oxygen atoms in total. The van der Waals surface area contributed by atoms with E-state index in [4.69, 9.17) is 21.4 Å². The fourth-order valence-corrected chi connectivity index (χ4v) is 1.71. The average Bonchev–Trinajstić information content (AvgIpc) is 2.36. The second-order valence-electron chi connectivity index (χ2n) is 3.66. The number of halogens is 1.